The summed E-state index contributed by atoms with van der Waals surface area (Å²) in [7, 11) is 0. The Morgan fingerprint density at radius 2 is 2.43 bits per heavy atom. The molecule has 1 aliphatic heterocycles. The number of likely N-dealkylation sites (tertiary alicyclic amines) is 1. The maximum Gasteiger partial charge on any atom is 0.323 e. The summed E-state index contributed by atoms with van der Waals surface area (Å²) in [6.45, 7) is 0.701. The Morgan fingerprint density at radius 1 is 1.52 bits per heavy atom. The molecule has 0 bridgehead atoms. The van der Waals surface area contributed by atoms with Gasteiger partial charge in [0.25, 0.3) is 0 Å². The van der Waals surface area contributed by atoms with Gasteiger partial charge in [-0.25, -0.2) is 9.78 Å². The number of carbonyl (C=O) groups excluding carboxylic acids is 1. The molecule has 0 radical (unpaired) electrons. The molecule has 2 amide bonds. The Balaban J connectivity index is 1.68. The van der Waals surface area contributed by atoms with Crippen LogP contribution in [0.5, 0.6) is 0 Å². The fraction of sp³-hybridized carbons (Fsp3) is 0.500. The molecule has 3 rings (SSSR count). The zero-order valence-electron chi connectivity index (χ0n) is 12.9. The van der Waals surface area contributed by atoms with Gasteiger partial charge in [-0.3, -0.25) is 5.32 Å². The highest BCUT2D eigenvalue weighted by Gasteiger charge is 2.28. The van der Waals surface area contributed by atoms with Crippen molar-refractivity contribution in [2.24, 2.45) is 0 Å². The highest BCUT2D eigenvalue weighted by atomic mass is 32.1. The predicted octanol–water partition coefficient (Wildman–Crippen LogP) is 3.64. The Morgan fingerprint density at radius 3 is 3.17 bits per heavy atom. The van der Waals surface area contributed by atoms with Crippen molar-refractivity contribution in [2.45, 2.75) is 44.2 Å². The molecule has 1 saturated heterocycles. The number of anilines is 1. The van der Waals surface area contributed by atoms with E-state index < -0.39 is 6.10 Å². The number of urea groups is 1. The van der Waals surface area contributed by atoms with Crippen LogP contribution in [0.1, 0.15) is 44.0 Å². The van der Waals surface area contributed by atoms with Crippen LogP contribution in [0.3, 0.4) is 0 Å². The smallest absolute Gasteiger partial charge is 0.323 e. The van der Waals surface area contributed by atoms with Crippen LogP contribution in [-0.2, 0) is 0 Å². The molecule has 23 heavy (non-hydrogen) atoms. The number of amides is 2. The van der Waals surface area contributed by atoms with Gasteiger partial charge in [0.1, 0.15) is 11.9 Å². The van der Waals surface area contributed by atoms with Crippen molar-refractivity contribution in [1.29, 1.82) is 0 Å². The second-order valence-corrected chi connectivity index (χ2v) is 6.63. The van der Waals surface area contributed by atoms with E-state index in [1.54, 1.807) is 24.6 Å². The first-order valence-electron chi connectivity index (χ1n) is 7.92. The van der Waals surface area contributed by atoms with E-state index >= 15 is 0 Å². The van der Waals surface area contributed by atoms with E-state index in [0.717, 1.165) is 25.7 Å². The number of aliphatic hydroxyl groups excluding tert-OH is 1. The maximum atomic E-state index is 12.6. The minimum Gasteiger partial charge on any atom is -0.467 e. The monoisotopic (exact) mass is 335 g/mol. The van der Waals surface area contributed by atoms with Crippen LogP contribution < -0.4 is 5.32 Å². The minimum atomic E-state index is -0.691. The Labute approximate surface area is 139 Å². The van der Waals surface area contributed by atoms with Crippen LogP contribution in [0.2, 0.25) is 0 Å². The maximum absolute atomic E-state index is 12.6. The zero-order valence-corrected chi connectivity index (χ0v) is 13.7. The van der Waals surface area contributed by atoms with E-state index in [1.807, 2.05) is 10.3 Å². The number of carbonyl (C=O) groups is 1. The van der Waals surface area contributed by atoms with Crippen molar-refractivity contribution in [1.82, 2.24) is 9.88 Å². The lowest BCUT2D eigenvalue weighted by atomic mass is 10.0. The van der Waals surface area contributed by atoms with Gasteiger partial charge in [0.05, 0.1) is 6.26 Å². The normalized spacial score (nSPS) is 20.0. The number of hydrogen-bond acceptors (Lipinski definition) is 5. The van der Waals surface area contributed by atoms with Gasteiger partial charge in [0, 0.05) is 30.6 Å². The first-order chi connectivity index (χ1) is 11.2. The lowest BCUT2D eigenvalue weighted by Gasteiger charge is -2.31. The number of nitrogens with one attached hydrogen (secondary N) is 1. The molecular formula is C16H21N3O3S. The third-order valence-electron chi connectivity index (χ3n) is 4.15. The van der Waals surface area contributed by atoms with Crippen molar-refractivity contribution in [2.75, 3.05) is 11.9 Å². The molecule has 2 atom stereocenters. The largest absolute Gasteiger partial charge is 0.467 e. The van der Waals surface area contributed by atoms with E-state index in [9.17, 15) is 9.90 Å². The third-order valence-corrected chi connectivity index (χ3v) is 4.84. The van der Waals surface area contributed by atoms with E-state index in [-0.39, 0.29) is 12.1 Å². The van der Waals surface area contributed by atoms with Gasteiger partial charge >= 0.3 is 6.03 Å². The Kier molecular flexibility index (Phi) is 5.30. The highest BCUT2D eigenvalue weighted by molar-refractivity contribution is 7.13. The molecule has 124 valence electrons. The average molecular weight is 335 g/mol. The van der Waals surface area contributed by atoms with Gasteiger partial charge in [-0.05, 0) is 25.0 Å². The molecule has 0 aliphatic carbocycles. The van der Waals surface area contributed by atoms with Gasteiger partial charge in [0.2, 0.25) is 0 Å². The van der Waals surface area contributed by atoms with Crippen molar-refractivity contribution in [3.8, 4) is 0 Å². The standard InChI is InChI=1S/C16H21N3O3S/c20-13(14-6-4-9-22-14)11-12-5-2-1-3-8-19(12)16(21)18-15-17-7-10-23-15/h4,6-7,9-10,12-13,20H,1-3,5,8,11H2,(H,17,18,21). The second kappa shape index (κ2) is 7.61. The summed E-state index contributed by atoms with van der Waals surface area (Å²) in [5.41, 5.74) is 0. The SMILES string of the molecule is O=C(Nc1nccs1)N1CCCCCC1CC(O)c1ccco1. The van der Waals surface area contributed by atoms with Crippen LogP contribution >= 0.6 is 11.3 Å². The van der Waals surface area contributed by atoms with Crippen molar-refractivity contribution >= 4 is 22.5 Å². The highest BCUT2D eigenvalue weighted by Crippen LogP contribution is 2.27. The number of nitrogens with zero attached hydrogens (tertiary/aromatic N) is 2. The molecule has 3 heterocycles. The second-order valence-electron chi connectivity index (χ2n) is 5.73. The molecule has 1 fully saturated rings. The fourth-order valence-corrected chi connectivity index (χ4v) is 3.51. The Bertz CT molecular complexity index is 600. The minimum absolute atomic E-state index is 0.00226. The fourth-order valence-electron chi connectivity index (χ4n) is 2.99. The van der Waals surface area contributed by atoms with Gasteiger partial charge < -0.3 is 14.4 Å². The van der Waals surface area contributed by atoms with Crippen LogP contribution in [0.25, 0.3) is 0 Å². The van der Waals surface area contributed by atoms with Crippen molar-refractivity contribution < 1.29 is 14.3 Å². The summed E-state index contributed by atoms with van der Waals surface area (Å²) in [5, 5.41) is 15.6. The molecule has 0 saturated carbocycles. The quantitative estimate of drug-likeness (QED) is 0.894. The zero-order chi connectivity index (χ0) is 16.1. The van der Waals surface area contributed by atoms with E-state index in [2.05, 4.69) is 10.3 Å². The van der Waals surface area contributed by atoms with E-state index in [1.165, 1.54) is 11.3 Å². The molecule has 0 aromatic carbocycles. The summed E-state index contributed by atoms with van der Waals surface area (Å²) in [6, 6.07) is 3.39. The van der Waals surface area contributed by atoms with Crippen LogP contribution in [0.4, 0.5) is 9.93 Å². The molecule has 7 heteroatoms. The van der Waals surface area contributed by atoms with E-state index in [4.69, 9.17) is 4.42 Å². The lowest BCUT2D eigenvalue weighted by Crippen LogP contribution is -2.43. The molecule has 2 aromatic rings. The molecule has 2 N–H and O–H groups in total. The summed E-state index contributed by atoms with van der Waals surface area (Å²) in [5.74, 6) is 0.550. The number of hydrogen-bond donors (Lipinski definition) is 2. The first kappa shape index (κ1) is 16.0. The van der Waals surface area contributed by atoms with Crippen LogP contribution in [0, 0.1) is 0 Å². The summed E-state index contributed by atoms with van der Waals surface area (Å²) < 4.78 is 5.27. The number of aliphatic hydroxyl groups is 1. The molecular weight excluding hydrogens is 314 g/mol. The molecule has 2 unspecified atom stereocenters. The summed E-state index contributed by atoms with van der Waals surface area (Å²) in [4.78, 5) is 18.5. The van der Waals surface area contributed by atoms with Gasteiger partial charge in [-0.15, -0.1) is 11.3 Å². The summed E-state index contributed by atoms with van der Waals surface area (Å²) >= 11 is 1.40. The van der Waals surface area contributed by atoms with Gasteiger partial charge in [-0.1, -0.05) is 12.8 Å². The molecule has 2 aromatic heterocycles. The third kappa shape index (κ3) is 4.11. The summed E-state index contributed by atoms with van der Waals surface area (Å²) in [6.07, 6.45) is 7.06. The van der Waals surface area contributed by atoms with Crippen molar-refractivity contribution in [3.05, 3.63) is 35.7 Å². The first-order valence-corrected chi connectivity index (χ1v) is 8.80. The predicted molar refractivity (Wildman–Crippen MR) is 88.4 cm³/mol. The topological polar surface area (TPSA) is 78.6 Å². The van der Waals surface area contributed by atoms with Gasteiger partial charge in [0.15, 0.2) is 5.13 Å². The van der Waals surface area contributed by atoms with E-state index in [0.29, 0.717) is 23.9 Å². The van der Waals surface area contributed by atoms with Crippen LogP contribution in [0.15, 0.2) is 34.4 Å². The molecule has 1 aliphatic rings. The number of furan rings is 1. The molecule has 6 nitrogen and oxygen atoms in total. The lowest BCUT2D eigenvalue weighted by molar-refractivity contribution is 0.0987. The van der Waals surface area contributed by atoms with Gasteiger partial charge in [-0.2, -0.15) is 0 Å². The Hall–Kier alpha value is -1.86. The van der Waals surface area contributed by atoms with Crippen LogP contribution in [-0.4, -0.2) is 33.6 Å². The number of thiazole rings is 1. The molecule has 0 spiro atoms. The average Bonchev–Trinajstić information content (AvgIpc) is 3.19. The number of rotatable bonds is 4. The van der Waals surface area contributed by atoms with Crippen molar-refractivity contribution in [3.63, 3.8) is 0 Å². The number of aromatic nitrogens is 1.